The maximum atomic E-state index is 14.0. The van der Waals surface area contributed by atoms with Crippen LogP contribution in [0.4, 0.5) is 0 Å². The second-order valence-corrected chi connectivity index (χ2v) is 22.4. The summed E-state index contributed by atoms with van der Waals surface area (Å²) in [7, 11) is -4.01. The summed E-state index contributed by atoms with van der Waals surface area (Å²) in [6.07, 6.45) is -1.33. The molecule has 0 amide bonds. The van der Waals surface area contributed by atoms with E-state index < -0.39 is 58.8 Å². The highest BCUT2D eigenvalue weighted by Crippen LogP contribution is 2.50. The highest BCUT2D eigenvalue weighted by atomic mass is 28.5. The molecule has 3 fully saturated rings. The van der Waals surface area contributed by atoms with E-state index in [4.69, 9.17) is 22.5 Å². The molecule has 3 aliphatic heterocycles. The van der Waals surface area contributed by atoms with Crippen molar-refractivity contribution >= 4 is 23.0 Å². The summed E-state index contributed by atoms with van der Waals surface area (Å²) in [5.41, 5.74) is -0.487. The number of carbonyl (C=O) groups is 1. The highest BCUT2D eigenvalue weighted by molar-refractivity contribution is 6.83. The zero-order valence-corrected chi connectivity index (χ0v) is 29.5. The van der Waals surface area contributed by atoms with Crippen molar-refractivity contribution in [1.29, 1.82) is 0 Å². The van der Waals surface area contributed by atoms with Crippen molar-refractivity contribution in [3.05, 3.63) is 68.5 Å². The van der Waals surface area contributed by atoms with Crippen LogP contribution in [0.15, 0.2) is 46.1 Å². The summed E-state index contributed by atoms with van der Waals surface area (Å²) in [5.74, 6) is -0.700. The molecule has 13 heteroatoms. The molecule has 0 saturated carbocycles. The number of hydrogen-bond acceptors (Lipinski definition) is 9. The van der Waals surface area contributed by atoms with Gasteiger partial charge < -0.3 is 17.7 Å². The van der Waals surface area contributed by atoms with Gasteiger partial charge in [0.05, 0.1) is 12.6 Å². The Balaban J connectivity index is 1.63. The first-order chi connectivity index (χ1) is 20.7. The number of aryl methyl sites for hydroxylation is 1. The minimum atomic E-state index is -3.03. The van der Waals surface area contributed by atoms with Gasteiger partial charge in [0, 0.05) is 24.4 Å². The van der Waals surface area contributed by atoms with E-state index in [2.05, 4.69) is 55.4 Å². The van der Waals surface area contributed by atoms with E-state index in [1.807, 2.05) is 7.05 Å². The van der Waals surface area contributed by atoms with Gasteiger partial charge >= 0.3 is 22.8 Å². The normalized spacial score (nSPS) is 28.4. The Labute approximate surface area is 261 Å². The van der Waals surface area contributed by atoms with E-state index in [9.17, 15) is 14.4 Å². The number of aromatic nitrogens is 2. The molecule has 5 rings (SSSR count). The first kappa shape index (κ1) is 33.1. The van der Waals surface area contributed by atoms with E-state index in [1.54, 1.807) is 42.3 Å². The summed E-state index contributed by atoms with van der Waals surface area (Å²) < 4.78 is 30.3. The number of nitrogens with zero attached hydrogens (tertiary/aromatic N) is 3. The predicted molar refractivity (Wildman–Crippen MR) is 170 cm³/mol. The molecule has 11 nitrogen and oxygen atoms in total. The molecule has 2 aromatic rings. The van der Waals surface area contributed by atoms with Crippen molar-refractivity contribution in [1.82, 2.24) is 14.2 Å². The predicted octanol–water partition coefficient (Wildman–Crippen LogP) is 4.47. The lowest BCUT2D eigenvalue weighted by molar-refractivity contribution is -0.261. The van der Waals surface area contributed by atoms with Crippen molar-refractivity contribution in [2.45, 2.75) is 115 Å². The largest absolute Gasteiger partial charge is 0.414 e. The average molecular weight is 646 g/mol. The molecule has 1 aromatic heterocycles. The van der Waals surface area contributed by atoms with Gasteiger partial charge in [-0.2, -0.15) is 9.63 Å². The van der Waals surface area contributed by atoms with Crippen molar-refractivity contribution in [2.24, 2.45) is 0 Å². The summed E-state index contributed by atoms with van der Waals surface area (Å²) in [5, 5.41) is 1.75. The molecular weight excluding hydrogens is 599 g/mol. The number of benzene rings is 1. The molecule has 1 aromatic carbocycles. The monoisotopic (exact) mass is 645 g/mol. The van der Waals surface area contributed by atoms with Gasteiger partial charge in [0.1, 0.15) is 12.2 Å². The zero-order chi connectivity index (χ0) is 32.3. The lowest BCUT2D eigenvalue weighted by Crippen LogP contribution is -2.63. The van der Waals surface area contributed by atoms with Crippen molar-refractivity contribution in [3.63, 3.8) is 0 Å². The van der Waals surface area contributed by atoms with Gasteiger partial charge in [0.15, 0.2) is 12.3 Å². The van der Waals surface area contributed by atoms with Gasteiger partial charge in [-0.15, -0.1) is 0 Å². The van der Waals surface area contributed by atoms with Gasteiger partial charge in [-0.05, 0) is 41.2 Å². The van der Waals surface area contributed by atoms with Crippen LogP contribution >= 0.6 is 0 Å². The molecule has 0 radical (unpaired) electrons. The zero-order valence-electron chi connectivity index (χ0n) is 27.5. The van der Waals surface area contributed by atoms with Gasteiger partial charge in [-0.25, -0.2) is 4.79 Å². The molecule has 0 spiro atoms. The number of likely N-dealkylation sites (N-methyl/N-ethyl adjacent to an activating group) is 1. The molecule has 4 bridgehead atoms. The maximum absolute atomic E-state index is 14.0. The Morgan fingerprint density at radius 2 is 1.45 bits per heavy atom. The fourth-order valence-corrected chi connectivity index (χ4v) is 18.2. The van der Waals surface area contributed by atoms with Crippen molar-refractivity contribution in [3.8, 4) is 0 Å². The van der Waals surface area contributed by atoms with Gasteiger partial charge in [-0.3, -0.25) is 19.0 Å². The van der Waals surface area contributed by atoms with Crippen LogP contribution in [0.2, 0.25) is 22.2 Å². The molecule has 5 atom stereocenters. The Bertz CT molecular complexity index is 1470. The number of carbonyl (C=O) groups excluding carboxylic acids is 1. The minimum absolute atomic E-state index is 0.0832. The fraction of sp³-hybridized carbons (Fsp3) is 0.645. The van der Waals surface area contributed by atoms with Crippen molar-refractivity contribution in [2.75, 3.05) is 13.7 Å². The number of ether oxygens (including phenoxy) is 1. The maximum Gasteiger partial charge on any atom is 0.340 e. The summed E-state index contributed by atoms with van der Waals surface area (Å²) in [6.45, 7) is 19.2. The standard InChI is InChI=1S/C31H47N3O8Si2/c1-18(2)43(19(3)4)38-17-24-25-26(41-44(42-43,20(5)6)21(7)8)27(40-32(24)10)30(39-25)33-16-22(9)28(35)34(31(33)37)29(36)23-14-12-11-13-15-23/h11-16,18-21,24-27,30H,17H2,1-10H3/t24?,25-,26?,27-,30+/m0/s1. The van der Waals surface area contributed by atoms with E-state index in [0.29, 0.717) is 11.2 Å². The van der Waals surface area contributed by atoms with E-state index in [1.165, 1.54) is 10.8 Å². The molecule has 3 aliphatic rings. The molecule has 3 saturated heterocycles. The van der Waals surface area contributed by atoms with Gasteiger partial charge in [0.25, 0.3) is 11.5 Å². The lowest BCUT2D eigenvalue weighted by atomic mass is 10.0. The first-order valence-electron chi connectivity index (χ1n) is 15.7. The third-order valence-electron chi connectivity index (χ3n) is 9.48. The molecule has 242 valence electrons. The lowest BCUT2D eigenvalue weighted by Gasteiger charge is -2.48. The van der Waals surface area contributed by atoms with Crippen LogP contribution in [-0.4, -0.2) is 75.2 Å². The second-order valence-electron chi connectivity index (χ2n) is 13.5. The molecular formula is C31H47N3O8Si2. The summed E-state index contributed by atoms with van der Waals surface area (Å²) in [4.78, 5) is 47.1. The number of rotatable bonds is 6. The molecule has 44 heavy (non-hydrogen) atoms. The summed E-state index contributed by atoms with van der Waals surface area (Å²) >= 11 is 0. The van der Waals surface area contributed by atoms with Crippen molar-refractivity contribution < 1.29 is 27.3 Å². The van der Waals surface area contributed by atoms with E-state index in [-0.39, 0.29) is 39.3 Å². The molecule has 0 aliphatic carbocycles. The first-order valence-corrected chi connectivity index (χ1v) is 19.6. The smallest absolute Gasteiger partial charge is 0.340 e. The molecule has 4 heterocycles. The highest BCUT2D eigenvalue weighted by Gasteiger charge is 2.64. The average Bonchev–Trinajstić information content (AvgIpc) is 3.24. The van der Waals surface area contributed by atoms with Crippen LogP contribution in [0.25, 0.3) is 0 Å². The van der Waals surface area contributed by atoms with E-state index in [0.717, 1.165) is 0 Å². The Morgan fingerprint density at radius 1 is 0.864 bits per heavy atom. The van der Waals surface area contributed by atoms with Crippen LogP contribution in [-0.2, 0) is 22.5 Å². The third kappa shape index (κ3) is 5.24. The van der Waals surface area contributed by atoms with E-state index >= 15 is 0 Å². The fourth-order valence-electron chi connectivity index (χ4n) is 7.03. The molecule has 0 N–H and O–H groups in total. The van der Waals surface area contributed by atoms with Gasteiger partial charge in [0.2, 0.25) is 0 Å². The topological polar surface area (TPSA) is 110 Å². The molecule has 2 unspecified atom stereocenters. The van der Waals surface area contributed by atoms with Gasteiger partial charge in [-0.1, -0.05) is 73.6 Å². The van der Waals surface area contributed by atoms with Crippen LogP contribution in [0.1, 0.15) is 77.5 Å². The van der Waals surface area contributed by atoms with Crippen LogP contribution in [0.3, 0.4) is 0 Å². The quantitative estimate of drug-likeness (QED) is 0.420. The number of hydroxylamine groups is 2. The second kappa shape index (κ2) is 12.2. The van der Waals surface area contributed by atoms with Crippen LogP contribution in [0, 0.1) is 6.92 Å². The van der Waals surface area contributed by atoms with Crippen LogP contribution < -0.4 is 11.2 Å². The summed E-state index contributed by atoms with van der Waals surface area (Å²) in [6, 6.07) is 7.94. The SMILES string of the molecule is Cc1cn([C@@H]2O[C@@H]3C4O[Si](C(C)C)(C(C)C)O[Si](C(C)C)(C(C)C)OCC3N(C)O[C@@H]42)c(=O)n(C(=O)c2ccccc2)c1=O. The Hall–Kier alpha value is -2.24. The number of hydrogen-bond donors (Lipinski definition) is 0. The Kier molecular flexibility index (Phi) is 9.17. The minimum Gasteiger partial charge on any atom is -0.414 e. The third-order valence-corrected chi connectivity index (χ3v) is 19.7. The van der Waals surface area contributed by atoms with Crippen LogP contribution in [0.5, 0.6) is 0 Å². The Morgan fingerprint density at radius 3 is 2.02 bits per heavy atom.